The molecule has 1 atom stereocenters. The molecule has 2 rings (SSSR count). The predicted molar refractivity (Wildman–Crippen MR) is 77.5 cm³/mol. The van der Waals surface area contributed by atoms with Crippen molar-refractivity contribution in [3.63, 3.8) is 0 Å². The first-order valence-corrected chi connectivity index (χ1v) is 6.39. The maximum Gasteiger partial charge on any atom is 0.110 e. The highest BCUT2D eigenvalue weighted by Gasteiger charge is 2.11. The molecule has 0 N–H and O–H groups in total. The van der Waals surface area contributed by atoms with Crippen molar-refractivity contribution in [2.75, 3.05) is 0 Å². The van der Waals surface area contributed by atoms with Crippen molar-refractivity contribution >= 4 is 33.3 Å². The van der Waals surface area contributed by atoms with Crippen LogP contribution in [-0.2, 0) is 0 Å². The van der Waals surface area contributed by atoms with Crippen molar-refractivity contribution in [3.05, 3.63) is 70.2 Å². The summed E-state index contributed by atoms with van der Waals surface area (Å²) in [6.45, 7) is 0. The van der Waals surface area contributed by atoms with E-state index in [1.807, 2.05) is 54.6 Å². The molecule has 1 unspecified atom stereocenters. The third-order valence-corrected chi connectivity index (χ3v) is 3.06. The van der Waals surface area contributed by atoms with Gasteiger partial charge in [0.1, 0.15) is 6.04 Å². The zero-order valence-electron chi connectivity index (χ0n) is 9.01. The van der Waals surface area contributed by atoms with Crippen molar-refractivity contribution in [1.82, 2.24) is 0 Å². The van der Waals surface area contributed by atoms with E-state index in [2.05, 4.69) is 26.1 Å². The van der Waals surface area contributed by atoms with Crippen molar-refractivity contribution in [2.45, 2.75) is 6.04 Å². The van der Waals surface area contributed by atoms with E-state index in [-0.39, 0.29) is 6.04 Å². The van der Waals surface area contributed by atoms with Crippen molar-refractivity contribution in [2.24, 2.45) is 4.99 Å². The lowest BCUT2D eigenvalue weighted by atomic mass is 10.00. The van der Waals surface area contributed by atoms with Crippen LogP contribution in [0.1, 0.15) is 17.2 Å². The molecule has 84 valence electrons. The van der Waals surface area contributed by atoms with Gasteiger partial charge in [0.05, 0.1) is 5.16 Å². The Bertz CT molecular complexity index is 547. The fourth-order valence-electron chi connectivity index (χ4n) is 1.71. The van der Waals surface area contributed by atoms with Gasteiger partial charge in [-0.3, -0.25) is 0 Å². The minimum atomic E-state index is -0.0776. The summed E-state index contributed by atoms with van der Waals surface area (Å²) in [4.78, 5) is 4.25. The van der Waals surface area contributed by atoms with Crippen LogP contribution in [0.5, 0.6) is 0 Å². The molecule has 2 aromatic rings. The van der Waals surface area contributed by atoms with Crippen LogP contribution in [0, 0.1) is 0 Å². The van der Waals surface area contributed by atoms with Gasteiger partial charge in [-0.05, 0) is 35.5 Å². The molecule has 2 aromatic carbocycles. The molecule has 0 aromatic heterocycles. The number of aliphatic imine (C=N–C) groups is 1. The fraction of sp³-hybridized carbons (Fsp3) is 0.0714. The van der Waals surface area contributed by atoms with Gasteiger partial charge in [0, 0.05) is 4.47 Å². The van der Waals surface area contributed by atoms with E-state index in [0.717, 1.165) is 15.6 Å². The van der Waals surface area contributed by atoms with Crippen LogP contribution >= 0.6 is 28.1 Å². The minimum absolute atomic E-state index is 0.0776. The topological polar surface area (TPSA) is 12.4 Å². The van der Waals surface area contributed by atoms with Crippen LogP contribution in [0.4, 0.5) is 0 Å². The Kier molecular flexibility index (Phi) is 4.21. The molecule has 0 aliphatic carbocycles. The van der Waals surface area contributed by atoms with E-state index in [9.17, 15) is 0 Å². The lowest BCUT2D eigenvalue weighted by Gasteiger charge is -2.12. The van der Waals surface area contributed by atoms with Crippen LogP contribution in [0.3, 0.4) is 0 Å². The number of nitrogens with zero attached hydrogens (tertiary/aromatic N) is 1. The smallest absolute Gasteiger partial charge is 0.110 e. The third kappa shape index (κ3) is 3.10. The van der Waals surface area contributed by atoms with Gasteiger partial charge in [0.25, 0.3) is 0 Å². The lowest BCUT2D eigenvalue weighted by Crippen LogP contribution is -1.97. The highest BCUT2D eigenvalue weighted by atomic mass is 79.9. The molecular weight excluding hydrogens is 294 g/mol. The predicted octanol–water partition coefficient (Wildman–Crippen LogP) is 4.64. The van der Waals surface area contributed by atoms with Gasteiger partial charge in [-0.15, -0.1) is 0 Å². The molecular formula is C14H10BrNS. The second-order valence-corrected chi connectivity index (χ2v) is 4.69. The summed E-state index contributed by atoms with van der Waals surface area (Å²) in [6.07, 6.45) is 0. The van der Waals surface area contributed by atoms with Crippen molar-refractivity contribution in [3.8, 4) is 0 Å². The molecule has 0 amide bonds. The number of benzene rings is 2. The summed E-state index contributed by atoms with van der Waals surface area (Å²) in [6, 6.07) is 18.1. The van der Waals surface area contributed by atoms with E-state index in [0.29, 0.717) is 0 Å². The van der Waals surface area contributed by atoms with Crippen LogP contribution in [0.2, 0.25) is 0 Å². The first kappa shape index (κ1) is 12.2. The summed E-state index contributed by atoms with van der Waals surface area (Å²) >= 11 is 8.20. The highest BCUT2D eigenvalue weighted by molar-refractivity contribution is 9.10. The Morgan fingerprint density at radius 3 is 2.35 bits per heavy atom. The van der Waals surface area contributed by atoms with Gasteiger partial charge < -0.3 is 0 Å². The van der Waals surface area contributed by atoms with Gasteiger partial charge in [-0.2, -0.15) is 0 Å². The highest BCUT2D eigenvalue weighted by Crippen LogP contribution is 2.27. The molecule has 0 spiro atoms. The zero-order chi connectivity index (χ0) is 12.1. The quantitative estimate of drug-likeness (QED) is 0.594. The van der Waals surface area contributed by atoms with E-state index in [1.165, 1.54) is 0 Å². The monoisotopic (exact) mass is 303 g/mol. The molecule has 0 heterocycles. The Labute approximate surface area is 114 Å². The Hall–Kier alpha value is -1.28. The Morgan fingerprint density at radius 2 is 1.71 bits per heavy atom. The average Bonchev–Trinajstić information content (AvgIpc) is 2.37. The number of thiocarbonyl (C=S) groups is 1. The third-order valence-electron chi connectivity index (χ3n) is 2.46. The van der Waals surface area contributed by atoms with Crippen LogP contribution in [-0.4, -0.2) is 5.16 Å². The lowest BCUT2D eigenvalue weighted by molar-refractivity contribution is 0.880. The summed E-state index contributed by atoms with van der Waals surface area (Å²) < 4.78 is 1.04. The second kappa shape index (κ2) is 5.87. The number of hydrogen-bond donors (Lipinski definition) is 0. The maximum absolute atomic E-state index is 4.73. The number of halogens is 1. The molecule has 0 bridgehead atoms. The van der Waals surface area contributed by atoms with E-state index >= 15 is 0 Å². The summed E-state index contributed by atoms with van der Waals surface area (Å²) in [5.41, 5.74) is 2.21. The van der Waals surface area contributed by atoms with E-state index in [4.69, 9.17) is 12.2 Å². The first-order chi connectivity index (χ1) is 8.31. The van der Waals surface area contributed by atoms with E-state index in [1.54, 1.807) is 0 Å². The zero-order valence-corrected chi connectivity index (χ0v) is 11.4. The summed E-state index contributed by atoms with van der Waals surface area (Å²) in [5, 5.41) is 2.48. The molecule has 0 aliphatic heterocycles. The maximum atomic E-state index is 4.73. The Morgan fingerprint density at radius 1 is 1.00 bits per heavy atom. The molecule has 0 saturated heterocycles. The van der Waals surface area contributed by atoms with Crippen molar-refractivity contribution in [1.29, 1.82) is 0 Å². The normalized spacial score (nSPS) is 11.6. The molecule has 1 nitrogen and oxygen atoms in total. The average molecular weight is 304 g/mol. The largest absolute Gasteiger partial charge is 0.219 e. The van der Waals surface area contributed by atoms with Crippen LogP contribution < -0.4 is 0 Å². The minimum Gasteiger partial charge on any atom is -0.219 e. The SMILES string of the molecule is S=C=NC(c1ccccc1)c1cccc(Br)c1. The number of hydrogen-bond acceptors (Lipinski definition) is 2. The second-order valence-electron chi connectivity index (χ2n) is 3.59. The fourth-order valence-corrected chi connectivity index (χ4v) is 2.23. The van der Waals surface area contributed by atoms with Gasteiger partial charge >= 0.3 is 0 Å². The molecule has 0 aliphatic rings. The molecule has 17 heavy (non-hydrogen) atoms. The Balaban J connectivity index is 2.46. The van der Waals surface area contributed by atoms with Crippen LogP contribution in [0.15, 0.2) is 64.1 Å². The number of isothiocyanates is 1. The summed E-state index contributed by atoms with van der Waals surface area (Å²) in [5.74, 6) is 0. The summed E-state index contributed by atoms with van der Waals surface area (Å²) in [7, 11) is 0. The van der Waals surface area contributed by atoms with Crippen molar-refractivity contribution < 1.29 is 0 Å². The standard InChI is InChI=1S/C14H10BrNS/c15-13-8-4-7-12(9-13)14(16-10-17)11-5-2-1-3-6-11/h1-9,14H. The van der Waals surface area contributed by atoms with Gasteiger partial charge in [0.15, 0.2) is 0 Å². The molecule has 3 heteroatoms. The molecule has 0 saturated carbocycles. The van der Waals surface area contributed by atoms with Gasteiger partial charge in [0.2, 0.25) is 0 Å². The first-order valence-electron chi connectivity index (χ1n) is 5.18. The van der Waals surface area contributed by atoms with Crippen LogP contribution in [0.25, 0.3) is 0 Å². The molecule has 0 fully saturated rings. The van der Waals surface area contributed by atoms with Gasteiger partial charge in [-0.25, -0.2) is 4.99 Å². The number of rotatable bonds is 3. The molecule has 0 radical (unpaired) electrons. The van der Waals surface area contributed by atoms with Gasteiger partial charge in [-0.1, -0.05) is 58.4 Å². The van der Waals surface area contributed by atoms with E-state index < -0.39 is 0 Å².